The molecule has 2 fully saturated rings. The van der Waals surface area contributed by atoms with Crippen molar-refractivity contribution in [2.24, 2.45) is 10.4 Å². The maximum atomic E-state index is 13.6. The number of hydrogen-bond donors (Lipinski definition) is 0. The van der Waals surface area contributed by atoms with E-state index in [1.807, 2.05) is 34.9 Å². The van der Waals surface area contributed by atoms with E-state index in [1.165, 1.54) is 18.7 Å². The summed E-state index contributed by atoms with van der Waals surface area (Å²) in [5.41, 5.74) is 2.76. The highest BCUT2D eigenvalue weighted by molar-refractivity contribution is 6.27. The van der Waals surface area contributed by atoms with Gasteiger partial charge in [-0.2, -0.15) is 13.2 Å². The summed E-state index contributed by atoms with van der Waals surface area (Å²) in [6.07, 6.45) is 7.85. The van der Waals surface area contributed by atoms with Gasteiger partial charge in [-0.3, -0.25) is 24.0 Å². The number of aryl methyl sites for hydroxylation is 1. The number of allylic oxidation sites excluding steroid dienone is 1. The molecule has 0 unspecified atom stereocenters. The smallest absolute Gasteiger partial charge is 0.339 e. The van der Waals surface area contributed by atoms with E-state index in [1.54, 1.807) is 16.8 Å². The Morgan fingerprint density at radius 1 is 1.00 bits per heavy atom. The van der Waals surface area contributed by atoms with E-state index in [0.717, 1.165) is 36.8 Å². The predicted molar refractivity (Wildman–Crippen MR) is 162 cm³/mol. The Labute approximate surface area is 254 Å². The number of hydrogen-bond acceptors (Lipinski definition) is 5. The molecular formula is C33H37F3N6O2. The second-order valence-electron chi connectivity index (χ2n) is 12.2. The maximum Gasteiger partial charge on any atom is 0.433 e. The molecule has 1 aliphatic carbocycles. The summed E-state index contributed by atoms with van der Waals surface area (Å²) in [5.74, 6) is 0.194. The van der Waals surface area contributed by atoms with Gasteiger partial charge in [0, 0.05) is 61.5 Å². The van der Waals surface area contributed by atoms with Crippen LogP contribution in [-0.4, -0.2) is 80.6 Å². The van der Waals surface area contributed by atoms with E-state index in [2.05, 4.69) is 21.9 Å². The molecule has 2 aliphatic heterocycles. The van der Waals surface area contributed by atoms with Gasteiger partial charge in [-0.05, 0) is 36.5 Å². The minimum Gasteiger partial charge on any atom is -0.339 e. The van der Waals surface area contributed by atoms with Crippen molar-refractivity contribution in [2.45, 2.75) is 65.0 Å². The fraction of sp³-hybridized carbons (Fsp3) is 0.485. The normalized spacial score (nSPS) is 18.8. The number of aromatic nitrogens is 3. The molecule has 0 spiro atoms. The fourth-order valence-electron chi connectivity index (χ4n) is 6.84. The van der Waals surface area contributed by atoms with Gasteiger partial charge in [-0.15, -0.1) is 0 Å². The van der Waals surface area contributed by atoms with Crippen LogP contribution < -0.4 is 0 Å². The second-order valence-corrected chi connectivity index (χ2v) is 12.2. The molecule has 8 nitrogen and oxygen atoms in total. The topological polar surface area (TPSA) is 83.2 Å². The molecule has 1 saturated carbocycles. The molecule has 0 atom stereocenters. The Bertz CT molecular complexity index is 1640. The first-order chi connectivity index (χ1) is 21.1. The number of fused-ring (bicyclic) bond motifs is 1. The molecule has 2 amide bonds. The minimum atomic E-state index is -4.55. The Balaban J connectivity index is 1.16. The van der Waals surface area contributed by atoms with Crippen LogP contribution in [0, 0.1) is 5.41 Å². The third-order valence-electron chi connectivity index (χ3n) is 9.33. The van der Waals surface area contributed by atoms with E-state index in [4.69, 9.17) is 0 Å². The number of aliphatic imine (C=N–C) groups is 1. The van der Waals surface area contributed by atoms with Crippen molar-refractivity contribution in [3.63, 3.8) is 0 Å². The largest absolute Gasteiger partial charge is 0.433 e. The molecule has 1 aromatic carbocycles. The number of imidazole rings is 1. The standard InChI is InChI=1S/C33H37F3N6O2/c1-3-23-19-22(20-26-29-39-21-27(42(29)14-13-37-26)25-9-12-38-28(25)33(34,35)36)7-8-24(23)30(43)40-15-17-41(18-16-40)31(44)32(2)10-5-4-6-11-32/h7-9,13-14,19,21H,3-6,10-12,15-18,20H2,1-2H3. The first-order valence-electron chi connectivity index (χ1n) is 15.4. The zero-order chi connectivity index (χ0) is 31.1. The van der Waals surface area contributed by atoms with Crippen LogP contribution in [0.4, 0.5) is 13.2 Å². The number of piperazine rings is 1. The van der Waals surface area contributed by atoms with Crippen molar-refractivity contribution < 1.29 is 22.8 Å². The number of benzene rings is 1. The van der Waals surface area contributed by atoms with Crippen LogP contribution in [0.15, 0.2) is 47.9 Å². The highest BCUT2D eigenvalue weighted by Gasteiger charge is 2.41. The molecule has 11 heteroatoms. The highest BCUT2D eigenvalue weighted by Crippen LogP contribution is 2.38. The molecule has 44 heavy (non-hydrogen) atoms. The Hall–Kier alpha value is -4.02. The van der Waals surface area contributed by atoms with Crippen LogP contribution in [-0.2, 0) is 17.6 Å². The van der Waals surface area contributed by atoms with Gasteiger partial charge in [0.25, 0.3) is 5.91 Å². The zero-order valence-electron chi connectivity index (χ0n) is 25.2. The van der Waals surface area contributed by atoms with Crippen LogP contribution in [0.25, 0.3) is 11.2 Å². The van der Waals surface area contributed by atoms with Crippen LogP contribution in [0.1, 0.15) is 78.8 Å². The summed E-state index contributed by atoms with van der Waals surface area (Å²) < 4.78 is 42.2. The molecule has 3 aromatic rings. The number of carbonyl (C=O) groups is 2. The molecule has 4 heterocycles. The van der Waals surface area contributed by atoms with Crippen LogP contribution in [0.3, 0.4) is 0 Å². The van der Waals surface area contributed by atoms with Gasteiger partial charge in [0.05, 0.1) is 24.1 Å². The van der Waals surface area contributed by atoms with Crippen molar-refractivity contribution in [1.29, 1.82) is 0 Å². The molecule has 0 bridgehead atoms. The van der Waals surface area contributed by atoms with Gasteiger partial charge in [0.2, 0.25) is 5.91 Å². The highest BCUT2D eigenvalue weighted by atomic mass is 19.4. The van der Waals surface area contributed by atoms with Crippen molar-refractivity contribution in [3.8, 4) is 0 Å². The van der Waals surface area contributed by atoms with Gasteiger partial charge >= 0.3 is 6.18 Å². The Kier molecular flexibility index (Phi) is 8.06. The lowest BCUT2D eigenvalue weighted by Gasteiger charge is -2.41. The lowest BCUT2D eigenvalue weighted by molar-refractivity contribution is -0.144. The van der Waals surface area contributed by atoms with Gasteiger partial charge < -0.3 is 9.80 Å². The van der Waals surface area contributed by atoms with E-state index in [0.29, 0.717) is 61.6 Å². The summed E-state index contributed by atoms with van der Waals surface area (Å²) >= 11 is 0. The van der Waals surface area contributed by atoms with E-state index in [9.17, 15) is 22.8 Å². The van der Waals surface area contributed by atoms with Crippen LogP contribution in [0.2, 0.25) is 0 Å². The minimum absolute atomic E-state index is 0.0201. The quantitative estimate of drug-likeness (QED) is 0.369. The summed E-state index contributed by atoms with van der Waals surface area (Å²) in [6, 6.07) is 5.75. The summed E-state index contributed by atoms with van der Waals surface area (Å²) in [6.45, 7) is 6.20. The van der Waals surface area contributed by atoms with E-state index >= 15 is 0 Å². The molecule has 2 aromatic heterocycles. The lowest BCUT2D eigenvalue weighted by atomic mass is 9.74. The van der Waals surface area contributed by atoms with Crippen molar-refractivity contribution in [2.75, 3.05) is 32.7 Å². The number of carbonyl (C=O) groups excluding carboxylic acids is 2. The molecule has 1 saturated heterocycles. The molecule has 0 N–H and O–H groups in total. The van der Waals surface area contributed by atoms with Crippen LogP contribution >= 0.6 is 0 Å². The summed E-state index contributed by atoms with van der Waals surface area (Å²) in [7, 11) is 0. The lowest BCUT2D eigenvalue weighted by Crippen LogP contribution is -2.54. The first kappa shape index (κ1) is 30.0. The molecule has 6 rings (SSSR count). The average Bonchev–Trinajstić information content (AvgIpc) is 3.69. The van der Waals surface area contributed by atoms with Crippen molar-refractivity contribution in [1.82, 2.24) is 24.2 Å². The van der Waals surface area contributed by atoms with E-state index < -0.39 is 11.9 Å². The molecule has 0 radical (unpaired) electrons. The van der Waals surface area contributed by atoms with E-state index in [-0.39, 0.29) is 29.3 Å². The third kappa shape index (κ3) is 5.64. The van der Waals surface area contributed by atoms with Gasteiger partial charge in [-0.1, -0.05) is 51.3 Å². The predicted octanol–water partition coefficient (Wildman–Crippen LogP) is 5.54. The third-order valence-corrected chi connectivity index (χ3v) is 9.33. The maximum absolute atomic E-state index is 13.6. The molecule has 3 aliphatic rings. The van der Waals surface area contributed by atoms with Gasteiger partial charge in [-0.25, -0.2) is 4.98 Å². The number of alkyl halides is 3. The van der Waals surface area contributed by atoms with Gasteiger partial charge in [0.1, 0.15) is 5.71 Å². The number of nitrogens with zero attached hydrogens (tertiary/aromatic N) is 6. The number of amides is 2. The number of rotatable bonds is 6. The van der Waals surface area contributed by atoms with Crippen LogP contribution in [0.5, 0.6) is 0 Å². The second kappa shape index (κ2) is 11.8. The van der Waals surface area contributed by atoms with Crippen molar-refractivity contribution in [3.05, 3.63) is 70.9 Å². The fourth-order valence-corrected chi connectivity index (χ4v) is 6.84. The van der Waals surface area contributed by atoms with Gasteiger partial charge in [0.15, 0.2) is 5.65 Å². The summed E-state index contributed by atoms with van der Waals surface area (Å²) in [5, 5.41) is 0. The average molecular weight is 607 g/mol. The SMILES string of the molecule is CCc1cc(Cc2nccn3c(C4=CCN=C4C(F)(F)F)cnc23)ccc1C(=O)N1CCN(C(=O)C2(C)CCCCC2)CC1. The number of halogens is 3. The molecular weight excluding hydrogens is 569 g/mol. The molecule has 232 valence electrons. The zero-order valence-corrected chi connectivity index (χ0v) is 25.2. The monoisotopic (exact) mass is 606 g/mol. The van der Waals surface area contributed by atoms with Crippen molar-refractivity contribution >= 4 is 28.7 Å². The Morgan fingerprint density at radius 3 is 2.43 bits per heavy atom. The first-order valence-corrected chi connectivity index (χ1v) is 15.4. The summed E-state index contributed by atoms with van der Waals surface area (Å²) in [4.78, 5) is 43.2. The Morgan fingerprint density at radius 2 is 1.73 bits per heavy atom.